The van der Waals surface area contributed by atoms with Gasteiger partial charge in [-0.25, -0.2) is 0 Å². The van der Waals surface area contributed by atoms with E-state index >= 15 is 0 Å². The number of benzene rings is 2. The first-order chi connectivity index (χ1) is 11.3. The van der Waals surface area contributed by atoms with E-state index in [0.717, 1.165) is 11.3 Å². The minimum Gasteiger partial charge on any atom is -0.497 e. The zero-order chi connectivity index (χ0) is 17.9. The van der Waals surface area contributed by atoms with Gasteiger partial charge in [0.2, 0.25) is 0 Å². The van der Waals surface area contributed by atoms with E-state index in [4.69, 9.17) is 4.74 Å². The Kier molecular flexibility index (Phi) is 5.50. The normalized spacial score (nSPS) is 11.3. The summed E-state index contributed by atoms with van der Waals surface area (Å²) < 4.78 is 5.19. The molecule has 0 aliphatic rings. The summed E-state index contributed by atoms with van der Waals surface area (Å²) in [6, 6.07) is 13.2. The highest BCUT2D eigenvalue weighted by Crippen LogP contribution is 2.30. The Morgan fingerprint density at radius 1 is 1.00 bits per heavy atom. The van der Waals surface area contributed by atoms with Gasteiger partial charge in [-0.2, -0.15) is 0 Å². The molecule has 0 saturated heterocycles. The number of nitrogens with zero attached hydrogens (tertiary/aromatic N) is 1. The predicted molar refractivity (Wildman–Crippen MR) is 104 cm³/mol. The number of rotatable bonds is 5. The number of ether oxygens (including phenoxy) is 1. The van der Waals surface area contributed by atoms with Crippen LogP contribution >= 0.6 is 0 Å². The molecule has 2 heteroatoms. The summed E-state index contributed by atoms with van der Waals surface area (Å²) in [6.07, 6.45) is 1.96. The Morgan fingerprint density at radius 3 is 2.00 bits per heavy atom. The van der Waals surface area contributed by atoms with Gasteiger partial charge in [0, 0.05) is 25.9 Å². The Morgan fingerprint density at radius 2 is 1.54 bits per heavy atom. The van der Waals surface area contributed by atoms with E-state index in [1.54, 1.807) is 7.11 Å². The average Bonchev–Trinajstić information content (AvgIpc) is 2.52. The second kappa shape index (κ2) is 7.39. The van der Waals surface area contributed by atoms with Gasteiger partial charge >= 0.3 is 0 Å². The maximum atomic E-state index is 5.19. The highest BCUT2D eigenvalue weighted by Gasteiger charge is 2.09. The summed E-state index contributed by atoms with van der Waals surface area (Å²) in [4.78, 5) is 2.07. The molecule has 0 bridgehead atoms. The average molecular weight is 321 g/mol. The molecule has 2 aromatic carbocycles. The van der Waals surface area contributed by atoms with E-state index in [0.29, 0.717) is 5.76 Å². The fourth-order valence-corrected chi connectivity index (χ4v) is 3.13. The van der Waals surface area contributed by atoms with Crippen molar-refractivity contribution in [2.75, 3.05) is 21.2 Å². The van der Waals surface area contributed by atoms with Gasteiger partial charge in [0.1, 0.15) is 5.76 Å². The second-order valence-corrected chi connectivity index (χ2v) is 6.45. The number of methoxy groups -OCH3 is 1. The van der Waals surface area contributed by atoms with Crippen LogP contribution in [0.25, 0.3) is 16.8 Å². The highest BCUT2D eigenvalue weighted by atomic mass is 16.5. The molecule has 0 saturated carbocycles. The summed E-state index contributed by atoms with van der Waals surface area (Å²) in [5.41, 5.74) is 8.73. The molecule has 0 unspecified atom stereocenters. The van der Waals surface area contributed by atoms with Gasteiger partial charge in [0.25, 0.3) is 0 Å². The van der Waals surface area contributed by atoms with Crippen molar-refractivity contribution in [2.45, 2.75) is 20.8 Å². The van der Waals surface area contributed by atoms with Crippen LogP contribution in [0.4, 0.5) is 0 Å². The van der Waals surface area contributed by atoms with E-state index in [1.807, 2.05) is 20.2 Å². The van der Waals surface area contributed by atoms with E-state index in [2.05, 4.69) is 68.6 Å². The summed E-state index contributed by atoms with van der Waals surface area (Å²) >= 11 is 0. The molecule has 0 aromatic heterocycles. The van der Waals surface area contributed by atoms with Gasteiger partial charge in [0.05, 0.1) is 7.11 Å². The Labute approximate surface area is 146 Å². The first-order valence-electron chi connectivity index (χ1n) is 8.14. The number of aryl methyl sites for hydroxylation is 3. The Balaban J connectivity index is 2.44. The molecular formula is C22H27NO. The van der Waals surface area contributed by atoms with Crippen molar-refractivity contribution >= 4 is 5.70 Å². The monoisotopic (exact) mass is 321 g/mol. The molecule has 0 aliphatic carbocycles. The van der Waals surface area contributed by atoms with Crippen molar-refractivity contribution in [3.8, 4) is 11.1 Å². The van der Waals surface area contributed by atoms with Crippen molar-refractivity contribution in [2.24, 2.45) is 0 Å². The molecule has 0 amide bonds. The zero-order valence-electron chi connectivity index (χ0n) is 15.6. The standard InChI is InChI=1S/C22H27NO/c1-15-12-16(2)22(17(3)13-15)20-10-8-19(9-11-20)21(23(5)6)14-18(4)24-7/h8-14H,4H2,1-3,5-7H3/b21-14-. The largest absolute Gasteiger partial charge is 0.497 e. The van der Waals surface area contributed by atoms with Crippen LogP contribution in [0, 0.1) is 20.8 Å². The van der Waals surface area contributed by atoms with Gasteiger partial charge in [-0.3, -0.25) is 0 Å². The van der Waals surface area contributed by atoms with Gasteiger partial charge in [-0.1, -0.05) is 48.5 Å². The van der Waals surface area contributed by atoms with E-state index in [1.165, 1.54) is 27.8 Å². The topological polar surface area (TPSA) is 12.5 Å². The molecule has 0 radical (unpaired) electrons. The van der Waals surface area contributed by atoms with Crippen molar-refractivity contribution in [1.29, 1.82) is 0 Å². The smallest absolute Gasteiger partial charge is 0.113 e. The highest BCUT2D eigenvalue weighted by molar-refractivity contribution is 5.74. The van der Waals surface area contributed by atoms with Crippen LogP contribution in [-0.2, 0) is 4.74 Å². The first kappa shape index (κ1) is 17.9. The minimum absolute atomic E-state index is 0.646. The molecule has 126 valence electrons. The molecular weight excluding hydrogens is 294 g/mol. The van der Waals surface area contributed by atoms with Crippen LogP contribution in [0.5, 0.6) is 0 Å². The molecule has 0 aliphatic heterocycles. The van der Waals surface area contributed by atoms with Crippen LogP contribution in [0.3, 0.4) is 0 Å². The SMILES string of the molecule is C=C(/C=C(/c1ccc(-c2c(C)cc(C)cc2C)cc1)N(C)C)OC. The summed E-state index contributed by atoms with van der Waals surface area (Å²) in [5, 5.41) is 0. The molecule has 2 aromatic rings. The van der Waals surface area contributed by atoms with Crippen LogP contribution < -0.4 is 0 Å². The lowest BCUT2D eigenvalue weighted by atomic mass is 9.93. The third-order valence-corrected chi connectivity index (χ3v) is 4.19. The van der Waals surface area contributed by atoms with Crippen LogP contribution in [0.1, 0.15) is 22.3 Å². The molecule has 24 heavy (non-hydrogen) atoms. The maximum absolute atomic E-state index is 5.19. The number of hydrogen-bond acceptors (Lipinski definition) is 2. The van der Waals surface area contributed by atoms with Crippen LogP contribution in [0.2, 0.25) is 0 Å². The third kappa shape index (κ3) is 3.88. The minimum atomic E-state index is 0.646. The first-order valence-corrected chi connectivity index (χ1v) is 8.14. The van der Waals surface area contributed by atoms with Gasteiger partial charge in [-0.05, 0) is 48.6 Å². The third-order valence-electron chi connectivity index (χ3n) is 4.19. The van der Waals surface area contributed by atoms with E-state index in [-0.39, 0.29) is 0 Å². The second-order valence-electron chi connectivity index (χ2n) is 6.45. The fourth-order valence-electron chi connectivity index (χ4n) is 3.13. The lowest BCUT2D eigenvalue weighted by Gasteiger charge is -2.19. The lowest BCUT2D eigenvalue weighted by Crippen LogP contribution is -2.10. The Bertz CT molecular complexity index is 744. The zero-order valence-corrected chi connectivity index (χ0v) is 15.6. The predicted octanol–water partition coefficient (Wildman–Crippen LogP) is 5.34. The number of hydrogen-bond donors (Lipinski definition) is 0. The van der Waals surface area contributed by atoms with Crippen molar-refractivity contribution in [1.82, 2.24) is 4.90 Å². The molecule has 2 rings (SSSR count). The van der Waals surface area contributed by atoms with Gasteiger partial charge in [0.15, 0.2) is 0 Å². The maximum Gasteiger partial charge on any atom is 0.113 e. The lowest BCUT2D eigenvalue weighted by molar-refractivity contribution is 0.308. The van der Waals surface area contributed by atoms with Gasteiger partial charge < -0.3 is 9.64 Å². The molecule has 0 spiro atoms. The summed E-state index contributed by atoms with van der Waals surface area (Å²) in [6.45, 7) is 10.4. The van der Waals surface area contributed by atoms with E-state index < -0.39 is 0 Å². The van der Waals surface area contributed by atoms with Crippen molar-refractivity contribution < 1.29 is 4.74 Å². The molecule has 0 fully saturated rings. The number of allylic oxidation sites excluding steroid dienone is 1. The molecule has 2 nitrogen and oxygen atoms in total. The van der Waals surface area contributed by atoms with Gasteiger partial charge in [-0.15, -0.1) is 0 Å². The molecule has 0 atom stereocenters. The fraction of sp³-hybridized carbons (Fsp3) is 0.273. The molecule has 0 N–H and O–H groups in total. The quantitative estimate of drug-likeness (QED) is 0.544. The Hall–Kier alpha value is -2.48. The molecule has 0 heterocycles. The summed E-state index contributed by atoms with van der Waals surface area (Å²) in [5.74, 6) is 0.646. The van der Waals surface area contributed by atoms with Crippen LogP contribution in [-0.4, -0.2) is 26.1 Å². The van der Waals surface area contributed by atoms with E-state index in [9.17, 15) is 0 Å². The van der Waals surface area contributed by atoms with Crippen molar-refractivity contribution in [3.63, 3.8) is 0 Å². The van der Waals surface area contributed by atoms with Crippen molar-refractivity contribution in [3.05, 3.63) is 77.1 Å². The summed E-state index contributed by atoms with van der Waals surface area (Å²) in [7, 11) is 5.69. The van der Waals surface area contributed by atoms with Crippen LogP contribution in [0.15, 0.2) is 54.8 Å².